The van der Waals surface area contributed by atoms with E-state index < -0.39 is 0 Å². The summed E-state index contributed by atoms with van der Waals surface area (Å²) in [5.41, 5.74) is 6.22. The zero-order valence-corrected chi connectivity index (χ0v) is 8.47. The zero-order valence-electron chi connectivity index (χ0n) is 7.71. The van der Waals surface area contributed by atoms with Crippen molar-refractivity contribution in [3.05, 3.63) is 29.0 Å². The lowest BCUT2D eigenvalue weighted by molar-refractivity contribution is 0.397. The van der Waals surface area contributed by atoms with Gasteiger partial charge in [0.2, 0.25) is 0 Å². The highest BCUT2D eigenvalue weighted by molar-refractivity contribution is 6.31. The minimum atomic E-state index is 0.315. The summed E-state index contributed by atoms with van der Waals surface area (Å²) in [6.45, 7) is 0.315. The first-order valence-electron chi connectivity index (χ1n) is 4.21. The largest absolute Gasteiger partial charge is 0.492 e. The van der Waals surface area contributed by atoms with Crippen molar-refractivity contribution in [2.24, 2.45) is 5.73 Å². The van der Waals surface area contributed by atoms with E-state index in [-0.39, 0.29) is 0 Å². The molecule has 0 aliphatic heterocycles. The maximum absolute atomic E-state index is 5.83. The summed E-state index contributed by atoms with van der Waals surface area (Å²) in [4.78, 5) is 0. The Labute approximate surface area is 86.4 Å². The van der Waals surface area contributed by atoms with Gasteiger partial charge in [-0.05, 0) is 12.1 Å². The summed E-state index contributed by atoms with van der Waals surface area (Å²) >= 11 is 5.83. The van der Waals surface area contributed by atoms with Crippen LogP contribution in [0.25, 0.3) is 11.0 Å². The molecule has 1 heterocycles. The van der Waals surface area contributed by atoms with Crippen molar-refractivity contribution in [1.82, 2.24) is 0 Å². The first-order chi connectivity index (χ1) is 6.76. The molecule has 0 saturated carbocycles. The lowest BCUT2D eigenvalue weighted by Gasteiger charge is -1.97. The van der Waals surface area contributed by atoms with Gasteiger partial charge < -0.3 is 14.9 Å². The third-order valence-electron chi connectivity index (χ3n) is 2.06. The van der Waals surface area contributed by atoms with Crippen molar-refractivity contribution in [2.75, 3.05) is 7.11 Å². The Morgan fingerprint density at radius 3 is 2.93 bits per heavy atom. The first kappa shape index (κ1) is 9.37. The number of halogens is 1. The monoisotopic (exact) mass is 211 g/mol. The van der Waals surface area contributed by atoms with E-state index in [9.17, 15) is 0 Å². The predicted octanol–water partition coefficient (Wildman–Crippen LogP) is 2.55. The highest BCUT2D eigenvalue weighted by atomic mass is 35.5. The van der Waals surface area contributed by atoms with E-state index in [1.54, 1.807) is 19.2 Å². The van der Waals surface area contributed by atoms with Crippen LogP contribution in [0.1, 0.15) is 5.76 Å². The molecule has 2 N–H and O–H groups in total. The summed E-state index contributed by atoms with van der Waals surface area (Å²) < 4.78 is 10.7. The fourth-order valence-electron chi connectivity index (χ4n) is 1.46. The second kappa shape index (κ2) is 3.52. The minimum absolute atomic E-state index is 0.315. The molecule has 4 heteroatoms. The van der Waals surface area contributed by atoms with Gasteiger partial charge in [0.05, 0.1) is 19.0 Å². The van der Waals surface area contributed by atoms with E-state index in [1.807, 2.05) is 6.07 Å². The Morgan fingerprint density at radius 2 is 2.29 bits per heavy atom. The molecule has 3 nitrogen and oxygen atoms in total. The summed E-state index contributed by atoms with van der Waals surface area (Å²) in [6, 6.07) is 5.40. The van der Waals surface area contributed by atoms with Crippen LogP contribution in [0.15, 0.2) is 22.6 Å². The molecular weight excluding hydrogens is 202 g/mol. The van der Waals surface area contributed by atoms with Crippen molar-refractivity contribution in [2.45, 2.75) is 6.54 Å². The van der Waals surface area contributed by atoms with Crippen LogP contribution in [0.2, 0.25) is 5.02 Å². The third kappa shape index (κ3) is 1.35. The average Bonchev–Trinajstić information content (AvgIpc) is 2.54. The van der Waals surface area contributed by atoms with Gasteiger partial charge in [0.25, 0.3) is 0 Å². The molecule has 0 aliphatic rings. The van der Waals surface area contributed by atoms with Crippen LogP contribution < -0.4 is 10.5 Å². The van der Waals surface area contributed by atoms with Gasteiger partial charge in [0, 0.05) is 11.1 Å². The quantitative estimate of drug-likeness (QED) is 0.831. The highest BCUT2D eigenvalue weighted by Gasteiger charge is 2.13. The first-order valence-corrected chi connectivity index (χ1v) is 4.59. The fraction of sp³-hybridized carbons (Fsp3) is 0.200. The van der Waals surface area contributed by atoms with Gasteiger partial charge in [-0.1, -0.05) is 11.6 Å². The van der Waals surface area contributed by atoms with Crippen molar-refractivity contribution >= 4 is 22.6 Å². The molecule has 0 amide bonds. The van der Waals surface area contributed by atoms with Gasteiger partial charge in [-0.3, -0.25) is 0 Å². The smallest absolute Gasteiger partial charge is 0.169 e. The Morgan fingerprint density at radius 1 is 1.50 bits per heavy atom. The number of hydrogen-bond donors (Lipinski definition) is 1. The van der Waals surface area contributed by atoms with Crippen molar-refractivity contribution in [3.63, 3.8) is 0 Å². The molecule has 2 rings (SSSR count). The third-order valence-corrected chi connectivity index (χ3v) is 2.30. The number of fused-ring (bicyclic) bond motifs is 1. The molecule has 0 atom stereocenters. The van der Waals surface area contributed by atoms with Crippen molar-refractivity contribution in [1.29, 1.82) is 0 Å². The van der Waals surface area contributed by atoms with Crippen LogP contribution in [-0.2, 0) is 6.54 Å². The normalized spacial score (nSPS) is 10.8. The van der Waals surface area contributed by atoms with Crippen molar-refractivity contribution < 1.29 is 9.15 Å². The molecule has 0 saturated heterocycles. The summed E-state index contributed by atoms with van der Waals surface area (Å²) in [6.07, 6.45) is 0. The Hall–Kier alpha value is -1.19. The van der Waals surface area contributed by atoms with Gasteiger partial charge in [0.15, 0.2) is 11.5 Å². The molecule has 14 heavy (non-hydrogen) atoms. The molecule has 2 aromatic rings. The van der Waals surface area contributed by atoms with Crippen LogP contribution in [0.3, 0.4) is 0 Å². The molecule has 0 unspecified atom stereocenters. The van der Waals surface area contributed by atoms with Crippen LogP contribution >= 0.6 is 11.6 Å². The Bertz CT molecular complexity index is 464. The van der Waals surface area contributed by atoms with Crippen LogP contribution in [0.4, 0.5) is 0 Å². The molecular formula is C10H10ClNO2. The fourth-order valence-corrected chi connectivity index (χ4v) is 1.62. The number of ether oxygens (including phenoxy) is 1. The molecule has 1 aromatic carbocycles. The van der Waals surface area contributed by atoms with Crippen LogP contribution in [-0.4, -0.2) is 7.11 Å². The Kier molecular flexibility index (Phi) is 2.35. The lowest BCUT2D eigenvalue weighted by Crippen LogP contribution is -1.96. The molecule has 74 valence electrons. The zero-order chi connectivity index (χ0) is 10.1. The molecule has 0 aliphatic carbocycles. The second-order valence-corrected chi connectivity index (χ2v) is 3.34. The van der Waals surface area contributed by atoms with E-state index >= 15 is 0 Å². The molecule has 1 aromatic heterocycles. The van der Waals surface area contributed by atoms with Crippen LogP contribution in [0.5, 0.6) is 5.75 Å². The summed E-state index contributed by atoms with van der Waals surface area (Å²) in [5.74, 6) is 1.34. The predicted molar refractivity (Wildman–Crippen MR) is 55.7 cm³/mol. The van der Waals surface area contributed by atoms with E-state index in [1.165, 1.54) is 0 Å². The van der Waals surface area contributed by atoms with Gasteiger partial charge in [-0.2, -0.15) is 0 Å². The topological polar surface area (TPSA) is 48.4 Å². The average molecular weight is 212 g/mol. The number of hydrogen-bond acceptors (Lipinski definition) is 3. The number of benzene rings is 1. The molecule has 0 fully saturated rings. The summed E-state index contributed by atoms with van der Waals surface area (Å²) in [5, 5.41) is 1.54. The van der Waals surface area contributed by atoms with Gasteiger partial charge in [-0.15, -0.1) is 0 Å². The van der Waals surface area contributed by atoms with Gasteiger partial charge in [-0.25, -0.2) is 0 Å². The van der Waals surface area contributed by atoms with Crippen LogP contribution in [0, 0.1) is 0 Å². The molecule has 0 bridgehead atoms. The molecule has 0 radical (unpaired) electrons. The second-order valence-electron chi connectivity index (χ2n) is 2.90. The van der Waals surface area contributed by atoms with Gasteiger partial charge in [0.1, 0.15) is 5.58 Å². The number of methoxy groups -OCH3 is 1. The van der Waals surface area contributed by atoms with Crippen molar-refractivity contribution in [3.8, 4) is 5.75 Å². The van der Waals surface area contributed by atoms with E-state index in [2.05, 4.69) is 0 Å². The maximum atomic E-state index is 5.83. The number of nitrogens with two attached hydrogens (primary N) is 1. The number of rotatable bonds is 2. The van der Waals surface area contributed by atoms with E-state index in [4.69, 9.17) is 26.5 Å². The highest BCUT2D eigenvalue weighted by Crippen LogP contribution is 2.33. The SMILES string of the molecule is COc1c(CN)oc2cc(Cl)ccc12. The minimum Gasteiger partial charge on any atom is -0.492 e. The van der Waals surface area contributed by atoms with Gasteiger partial charge >= 0.3 is 0 Å². The Balaban J connectivity index is 2.73. The van der Waals surface area contributed by atoms with E-state index in [0.717, 1.165) is 5.39 Å². The molecule has 0 spiro atoms. The number of furan rings is 1. The standard InChI is InChI=1S/C10H10ClNO2/c1-13-10-7-3-2-6(11)4-8(7)14-9(10)5-12/h2-4H,5,12H2,1H3. The summed E-state index contributed by atoms with van der Waals surface area (Å²) in [7, 11) is 1.60. The van der Waals surface area contributed by atoms with E-state index in [0.29, 0.717) is 28.7 Å². The maximum Gasteiger partial charge on any atom is 0.169 e. The lowest BCUT2D eigenvalue weighted by atomic mass is 10.2.